The summed E-state index contributed by atoms with van der Waals surface area (Å²) in [6.07, 6.45) is -3.74. The number of halogens is 4. The molecule has 0 saturated heterocycles. The lowest BCUT2D eigenvalue weighted by molar-refractivity contribution is -0.168. The molecule has 110 valence electrons. The van der Waals surface area contributed by atoms with Crippen LogP contribution < -0.4 is 5.32 Å². The van der Waals surface area contributed by atoms with E-state index in [1.165, 1.54) is 0 Å². The number of hydrogen-bond donors (Lipinski definition) is 1. The number of hydrogen-bond acceptors (Lipinski definition) is 5. The summed E-state index contributed by atoms with van der Waals surface area (Å²) in [5.74, 6) is -3.97. The summed E-state index contributed by atoms with van der Waals surface area (Å²) in [5.41, 5.74) is -0.208. The average molecular weight is 301 g/mol. The lowest BCUT2D eigenvalue weighted by Crippen LogP contribution is -2.32. The van der Waals surface area contributed by atoms with E-state index in [9.17, 15) is 17.6 Å². The van der Waals surface area contributed by atoms with Gasteiger partial charge in [-0.05, 0) is 20.8 Å². The SMILES string of the molecule is CC(C)(C)Nc1nc(COCC(F)(F)C(F)F)ns1. The van der Waals surface area contributed by atoms with Crippen LogP contribution in [0.1, 0.15) is 26.6 Å². The molecule has 0 unspecified atom stereocenters. The van der Waals surface area contributed by atoms with Crippen LogP contribution in [-0.2, 0) is 11.3 Å². The number of aromatic nitrogens is 2. The molecule has 0 amide bonds. The highest BCUT2D eigenvalue weighted by molar-refractivity contribution is 7.09. The summed E-state index contributed by atoms with van der Waals surface area (Å²) in [6, 6.07) is 0. The standard InChI is InChI=1S/C10H15F4N3OS/c1-9(2,3)16-8-15-6(17-19-8)4-18-5-10(13,14)7(11)12/h7H,4-5H2,1-3H3,(H,15,16,17). The molecule has 1 aromatic rings. The molecule has 9 heteroatoms. The first-order chi connectivity index (χ1) is 8.60. The van der Waals surface area contributed by atoms with Crippen LogP contribution in [0.4, 0.5) is 22.7 Å². The van der Waals surface area contributed by atoms with E-state index >= 15 is 0 Å². The Hall–Kier alpha value is -0.960. The van der Waals surface area contributed by atoms with Gasteiger partial charge in [0.25, 0.3) is 0 Å². The maximum atomic E-state index is 12.6. The second-order valence-corrected chi connectivity index (χ2v) is 5.70. The molecule has 0 bridgehead atoms. The Labute approximate surface area is 112 Å². The molecule has 0 spiro atoms. The number of alkyl halides is 4. The molecular weight excluding hydrogens is 286 g/mol. The van der Waals surface area contributed by atoms with Gasteiger partial charge in [0.1, 0.15) is 13.2 Å². The van der Waals surface area contributed by atoms with E-state index in [0.29, 0.717) is 5.13 Å². The van der Waals surface area contributed by atoms with Gasteiger partial charge in [-0.3, -0.25) is 0 Å². The minimum Gasteiger partial charge on any atom is -0.367 e. The third kappa shape index (κ3) is 5.68. The minimum atomic E-state index is -4.15. The van der Waals surface area contributed by atoms with Crippen LogP contribution in [-0.4, -0.2) is 33.9 Å². The first kappa shape index (κ1) is 16.1. The molecule has 0 aliphatic heterocycles. The maximum Gasteiger partial charge on any atom is 0.330 e. The van der Waals surface area contributed by atoms with Gasteiger partial charge in [0.2, 0.25) is 5.13 Å². The van der Waals surface area contributed by atoms with E-state index < -0.39 is 19.0 Å². The van der Waals surface area contributed by atoms with E-state index in [0.717, 1.165) is 11.5 Å². The Kier molecular flexibility index (Phi) is 5.08. The number of anilines is 1. The molecular formula is C10H15F4N3OS. The molecule has 0 fully saturated rings. The second-order valence-electron chi connectivity index (χ2n) is 4.95. The van der Waals surface area contributed by atoms with Crippen molar-refractivity contribution in [1.82, 2.24) is 9.36 Å². The molecule has 0 aromatic carbocycles. The summed E-state index contributed by atoms with van der Waals surface area (Å²) in [4.78, 5) is 4.00. The highest BCUT2D eigenvalue weighted by atomic mass is 32.1. The van der Waals surface area contributed by atoms with Crippen molar-refractivity contribution in [1.29, 1.82) is 0 Å². The fourth-order valence-corrected chi connectivity index (χ4v) is 1.81. The number of nitrogens with one attached hydrogen (secondary N) is 1. The third-order valence-electron chi connectivity index (χ3n) is 1.79. The third-order valence-corrected chi connectivity index (χ3v) is 2.46. The van der Waals surface area contributed by atoms with Crippen LogP contribution in [0.3, 0.4) is 0 Å². The van der Waals surface area contributed by atoms with Crippen molar-refractivity contribution in [3.63, 3.8) is 0 Å². The van der Waals surface area contributed by atoms with Crippen molar-refractivity contribution >= 4 is 16.7 Å². The topological polar surface area (TPSA) is 47.0 Å². The summed E-state index contributed by atoms with van der Waals surface area (Å²) in [7, 11) is 0. The van der Waals surface area contributed by atoms with Crippen molar-refractivity contribution in [3.05, 3.63) is 5.82 Å². The van der Waals surface area contributed by atoms with Crippen molar-refractivity contribution in [3.8, 4) is 0 Å². The first-order valence-corrected chi connectivity index (χ1v) is 6.22. The molecule has 0 aliphatic rings. The second kappa shape index (κ2) is 6.00. The van der Waals surface area contributed by atoms with Crippen LogP contribution in [0.25, 0.3) is 0 Å². The van der Waals surface area contributed by atoms with Gasteiger partial charge < -0.3 is 10.1 Å². The van der Waals surface area contributed by atoms with E-state index in [1.807, 2.05) is 20.8 Å². The zero-order valence-corrected chi connectivity index (χ0v) is 11.5. The van der Waals surface area contributed by atoms with Crippen molar-refractivity contribution < 1.29 is 22.3 Å². The normalized spacial score (nSPS) is 13.1. The van der Waals surface area contributed by atoms with Gasteiger partial charge in [0.15, 0.2) is 5.82 Å². The van der Waals surface area contributed by atoms with Crippen LogP contribution >= 0.6 is 11.5 Å². The van der Waals surface area contributed by atoms with Gasteiger partial charge in [0, 0.05) is 17.1 Å². The molecule has 1 aromatic heterocycles. The monoisotopic (exact) mass is 301 g/mol. The molecule has 0 aliphatic carbocycles. The van der Waals surface area contributed by atoms with E-state index in [4.69, 9.17) is 0 Å². The Balaban J connectivity index is 2.43. The molecule has 1 rings (SSSR count). The molecule has 4 nitrogen and oxygen atoms in total. The van der Waals surface area contributed by atoms with E-state index in [-0.39, 0.29) is 18.0 Å². The lowest BCUT2D eigenvalue weighted by atomic mass is 10.1. The highest BCUT2D eigenvalue weighted by Crippen LogP contribution is 2.23. The van der Waals surface area contributed by atoms with Crippen LogP contribution in [0.15, 0.2) is 0 Å². The predicted octanol–water partition coefficient (Wildman–Crippen LogP) is 3.17. The van der Waals surface area contributed by atoms with Crippen LogP contribution in [0.2, 0.25) is 0 Å². The smallest absolute Gasteiger partial charge is 0.330 e. The number of ether oxygens (including phenoxy) is 1. The molecule has 0 atom stereocenters. The zero-order chi connectivity index (χ0) is 14.7. The van der Waals surface area contributed by atoms with Gasteiger partial charge in [-0.1, -0.05) is 0 Å². The molecule has 0 saturated carbocycles. The van der Waals surface area contributed by atoms with Crippen LogP contribution in [0, 0.1) is 0 Å². The Morgan fingerprint density at radius 1 is 1.32 bits per heavy atom. The Morgan fingerprint density at radius 2 is 1.95 bits per heavy atom. The average Bonchev–Trinajstić information content (AvgIpc) is 2.62. The molecule has 0 radical (unpaired) electrons. The summed E-state index contributed by atoms with van der Waals surface area (Å²) >= 11 is 1.05. The summed E-state index contributed by atoms with van der Waals surface area (Å²) in [5, 5.41) is 3.57. The van der Waals surface area contributed by atoms with E-state index in [1.54, 1.807) is 0 Å². The van der Waals surface area contributed by atoms with Gasteiger partial charge in [-0.25, -0.2) is 13.8 Å². The van der Waals surface area contributed by atoms with Gasteiger partial charge in [0.05, 0.1) is 0 Å². The fraction of sp³-hybridized carbons (Fsp3) is 0.800. The summed E-state index contributed by atoms with van der Waals surface area (Å²) < 4.78 is 57.2. The molecule has 1 N–H and O–H groups in total. The van der Waals surface area contributed by atoms with Gasteiger partial charge in [-0.15, -0.1) is 0 Å². The lowest BCUT2D eigenvalue weighted by Gasteiger charge is -2.18. The van der Waals surface area contributed by atoms with Crippen molar-refractivity contribution in [2.45, 2.75) is 45.3 Å². The Bertz CT molecular complexity index is 406. The van der Waals surface area contributed by atoms with Gasteiger partial charge in [-0.2, -0.15) is 13.2 Å². The largest absolute Gasteiger partial charge is 0.367 e. The fourth-order valence-electron chi connectivity index (χ4n) is 1.03. The predicted molar refractivity (Wildman–Crippen MR) is 63.9 cm³/mol. The molecule has 19 heavy (non-hydrogen) atoms. The summed E-state index contributed by atoms with van der Waals surface area (Å²) in [6.45, 7) is 4.09. The maximum absolute atomic E-state index is 12.6. The highest BCUT2D eigenvalue weighted by Gasteiger charge is 2.41. The van der Waals surface area contributed by atoms with Crippen molar-refractivity contribution in [2.75, 3.05) is 11.9 Å². The van der Waals surface area contributed by atoms with Crippen LogP contribution in [0.5, 0.6) is 0 Å². The van der Waals surface area contributed by atoms with Gasteiger partial charge >= 0.3 is 12.3 Å². The van der Waals surface area contributed by atoms with E-state index in [2.05, 4.69) is 19.4 Å². The zero-order valence-electron chi connectivity index (χ0n) is 10.7. The number of rotatable bonds is 6. The quantitative estimate of drug-likeness (QED) is 0.820. The first-order valence-electron chi connectivity index (χ1n) is 5.45. The van der Waals surface area contributed by atoms with Crippen molar-refractivity contribution in [2.24, 2.45) is 0 Å². The molecule has 1 heterocycles. The minimum absolute atomic E-state index is 0.182. The number of nitrogens with zero attached hydrogens (tertiary/aromatic N) is 2. The Morgan fingerprint density at radius 3 is 2.47 bits per heavy atom.